The summed E-state index contributed by atoms with van der Waals surface area (Å²) in [6.07, 6.45) is 0.872. The zero-order chi connectivity index (χ0) is 13.1. The molecule has 1 rings (SSSR count). The van der Waals surface area contributed by atoms with Gasteiger partial charge in [-0.05, 0) is 39.3 Å². The van der Waals surface area contributed by atoms with E-state index in [0.29, 0.717) is 6.04 Å². The molecule has 0 aromatic heterocycles. The summed E-state index contributed by atoms with van der Waals surface area (Å²) in [6, 6.07) is 0.407. The van der Waals surface area contributed by atoms with Crippen molar-refractivity contribution in [3.05, 3.63) is 0 Å². The minimum absolute atomic E-state index is 0.00391. The average molecular weight is 241 g/mol. The number of rotatable bonds is 4. The molecule has 0 saturated carbocycles. The Kier molecular flexibility index (Phi) is 4.95. The van der Waals surface area contributed by atoms with Crippen molar-refractivity contribution in [3.63, 3.8) is 0 Å². The highest BCUT2D eigenvalue weighted by atomic mass is 16.2. The second kappa shape index (κ2) is 5.83. The number of hydrogen-bond acceptors (Lipinski definition) is 3. The lowest BCUT2D eigenvalue weighted by Crippen LogP contribution is -2.49. The Morgan fingerprint density at radius 3 is 2.71 bits per heavy atom. The highest BCUT2D eigenvalue weighted by Crippen LogP contribution is 2.23. The maximum Gasteiger partial charge on any atom is 0.237 e. The fourth-order valence-corrected chi connectivity index (χ4v) is 2.38. The van der Waals surface area contributed by atoms with Crippen molar-refractivity contribution in [2.75, 3.05) is 26.7 Å². The highest BCUT2D eigenvalue weighted by molar-refractivity contribution is 5.82. The molecule has 1 aliphatic rings. The van der Waals surface area contributed by atoms with E-state index in [0.717, 1.165) is 26.1 Å². The predicted octanol–water partition coefficient (Wildman–Crippen LogP) is 0.831. The van der Waals surface area contributed by atoms with Crippen LogP contribution in [0.15, 0.2) is 0 Å². The summed E-state index contributed by atoms with van der Waals surface area (Å²) in [4.78, 5) is 14.5. The molecule has 17 heavy (non-hydrogen) atoms. The first kappa shape index (κ1) is 14.5. The van der Waals surface area contributed by atoms with E-state index in [1.807, 2.05) is 7.05 Å². The maximum absolute atomic E-state index is 12.1. The summed E-state index contributed by atoms with van der Waals surface area (Å²) in [6.45, 7) is 11.4. The molecule has 1 amide bonds. The van der Waals surface area contributed by atoms with Gasteiger partial charge in [0, 0.05) is 19.1 Å². The van der Waals surface area contributed by atoms with Crippen molar-refractivity contribution in [2.24, 2.45) is 5.41 Å². The van der Waals surface area contributed by atoms with Gasteiger partial charge in [-0.15, -0.1) is 0 Å². The molecule has 0 bridgehead atoms. The largest absolute Gasteiger partial charge is 0.354 e. The lowest BCUT2D eigenvalue weighted by Gasteiger charge is -2.35. The van der Waals surface area contributed by atoms with Crippen molar-refractivity contribution in [2.45, 2.75) is 46.2 Å². The molecule has 1 heterocycles. The Hall–Kier alpha value is -0.610. The van der Waals surface area contributed by atoms with Gasteiger partial charge >= 0.3 is 0 Å². The van der Waals surface area contributed by atoms with Gasteiger partial charge in [0.1, 0.15) is 0 Å². The van der Waals surface area contributed by atoms with E-state index in [9.17, 15) is 4.79 Å². The zero-order valence-corrected chi connectivity index (χ0v) is 11.8. The second-order valence-electron chi connectivity index (χ2n) is 6.06. The van der Waals surface area contributed by atoms with E-state index in [4.69, 9.17) is 0 Å². The summed E-state index contributed by atoms with van der Waals surface area (Å²) in [5.41, 5.74) is 0.147. The summed E-state index contributed by atoms with van der Waals surface area (Å²) >= 11 is 0. The third-order valence-electron chi connectivity index (χ3n) is 3.39. The van der Waals surface area contributed by atoms with Crippen LogP contribution in [0.25, 0.3) is 0 Å². The molecule has 0 aliphatic carbocycles. The fraction of sp³-hybridized carbons (Fsp3) is 0.923. The van der Waals surface area contributed by atoms with Crippen molar-refractivity contribution in [1.29, 1.82) is 0 Å². The fourth-order valence-electron chi connectivity index (χ4n) is 2.38. The Morgan fingerprint density at radius 1 is 1.53 bits per heavy atom. The average Bonchev–Trinajstić information content (AvgIpc) is 2.35. The molecule has 0 aromatic carbocycles. The van der Waals surface area contributed by atoms with Gasteiger partial charge in [0.05, 0.1) is 6.04 Å². The van der Waals surface area contributed by atoms with Crippen molar-refractivity contribution in [1.82, 2.24) is 15.5 Å². The Labute approximate surface area is 105 Å². The first-order chi connectivity index (χ1) is 7.87. The number of hydrogen-bond donors (Lipinski definition) is 2. The number of carbonyl (C=O) groups is 1. The Balaban J connectivity index is 2.83. The molecule has 4 nitrogen and oxygen atoms in total. The van der Waals surface area contributed by atoms with Gasteiger partial charge in [0.25, 0.3) is 0 Å². The van der Waals surface area contributed by atoms with Gasteiger partial charge in [-0.3, -0.25) is 9.69 Å². The molecule has 4 heteroatoms. The van der Waals surface area contributed by atoms with Gasteiger partial charge in [-0.2, -0.15) is 0 Å². The van der Waals surface area contributed by atoms with Crippen LogP contribution in [0.2, 0.25) is 0 Å². The van der Waals surface area contributed by atoms with Crippen LogP contribution in [0.1, 0.15) is 34.1 Å². The topological polar surface area (TPSA) is 44.4 Å². The molecule has 100 valence electrons. The first-order valence-corrected chi connectivity index (χ1v) is 6.55. The Bertz CT molecular complexity index is 263. The normalized spacial score (nSPS) is 25.8. The molecule has 1 unspecified atom stereocenters. The third kappa shape index (κ3) is 3.96. The van der Waals surface area contributed by atoms with Crippen molar-refractivity contribution >= 4 is 5.91 Å². The third-order valence-corrected chi connectivity index (χ3v) is 3.39. The molecule has 1 aliphatic heterocycles. The van der Waals surface area contributed by atoms with E-state index >= 15 is 0 Å². The van der Waals surface area contributed by atoms with E-state index in [1.165, 1.54) is 0 Å². The van der Waals surface area contributed by atoms with Crippen molar-refractivity contribution in [3.8, 4) is 0 Å². The van der Waals surface area contributed by atoms with E-state index in [2.05, 4.69) is 43.2 Å². The molecule has 2 N–H and O–H groups in total. The summed E-state index contributed by atoms with van der Waals surface area (Å²) in [7, 11) is 1.93. The number of nitrogens with one attached hydrogen (secondary N) is 2. The SMILES string of the molecule is CNCCC1C(=O)NCC(C)(C)CN1C(C)C. The molecule has 0 aromatic rings. The van der Waals surface area contributed by atoms with Crippen LogP contribution in [0, 0.1) is 5.41 Å². The molecule has 0 spiro atoms. The Morgan fingerprint density at radius 2 is 2.18 bits per heavy atom. The summed E-state index contributed by atoms with van der Waals surface area (Å²) < 4.78 is 0. The number of carbonyl (C=O) groups excluding carboxylic acids is 1. The number of nitrogens with zero attached hydrogens (tertiary/aromatic N) is 1. The van der Waals surface area contributed by atoms with Gasteiger partial charge in [0.15, 0.2) is 0 Å². The lowest BCUT2D eigenvalue weighted by atomic mass is 9.92. The molecule has 1 saturated heterocycles. The maximum atomic E-state index is 12.1. The monoisotopic (exact) mass is 241 g/mol. The van der Waals surface area contributed by atoms with E-state index in [1.54, 1.807) is 0 Å². The minimum Gasteiger partial charge on any atom is -0.354 e. The summed E-state index contributed by atoms with van der Waals surface area (Å²) in [5, 5.41) is 6.20. The minimum atomic E-state index is 0.00391. The van der Waals surface area contributed by atoms with Crippen LogP contribution in [-0.4, -0.2) is 49.6 Å². The van der Waals surface area contributed by atoms with Crippen LogP contribution in [0.5, 0.6) is 0 Å². The van der Waals surface area contributed by atoms with Crippen LogP contribution in [-0.2, 0) is 4.79 Å². The van der Waals surface area contributed by atoms with E-state index < -0.39 is 0 Å². The first-order valence-electron chi connectivity index (χ1n) is 6.55. The lowest BCUT2D eigenvalue weighted by molar-refractivity contribution is -0.126. The number of amides is 1. The van der Waals surface area contributed by atoms with Gasteiger partial charge in [-0.1, -0.05) is 13.8 Å². The van der Waals surface area contributed by atoms with Gasteiger partial charge in [-0.25, -0.2) is 0 Å². The van der Waals surface area contributed by atoms with Gasteiger partial charge in [0.2, 0.25) is 5.91 Å². The highest BCUT2D eigenvalue weighted by Gasteiger charge is 2.35. The van der Waals surface area contributed by atoms with Gasteiger partial charge < -0.3 is 10.6 Å². The smallest absolute Gasteiger partial charge is 0.237 e. The van der Waals surface area contributed by atoms with Crippen LogP contribution >= 0.6 is 0 Å². The molecule has 1 fully saturated rings. The molecule has 0 radical (unpaired) electrons. The standard InChI is InChI=1S/C13H27N3O/c1-10(2)16-9-13(3,4)8-15-12(17)11(16)6-7-14-5/h10-11,14H,6-9H2,1-5H3,(H,15,17). The zero-order valence-electron chi connectivity index (χ0n) is 11.8. The summed E-state index contributed by atoms with van der Waals surface area (Å²) in [5.74, 6) is 0.180. The van der Waals surface area contributed by atoms with Crippen LogP contribution in [0.3, 0.4) is 0 Å². The molecule has 1 atom stereocenters. The molecular weight excluding hydrogens is 214 g/mol. The van der Waals surface area contributed by atoms with Crippen LogP contribution < -0.4 is 10.6 Å². The van der Waals surface area contributed by atoms with E-state index in [-0.39, 0.29) is 17.4 Å². The predicted molar refractivity (Wildman–Crippen MR) is 71.0 cm³/mol. The quantitative estimate of drug-likeness (QED) is 0.766. The second-order valence-corrected chi connectivity index (χ2v) is 6.06. The van der Waals surface area contributed by atoms with Crippen molar-refractivity contribution < 1.29 is 4.79 Å². The molecular formula is C13H27N3O. The van der Waals surface area contributed by atoms with Crippen LogP contribution in [0.4, 0.5) is 0 Å².